The smallest absolute Gasteiger partial charge is 0.265 e. The first kappa shape index (κ1) is 17.1. The SMILES string of the molecule is C[C@H]1[C@H](C)CCC[C@@H]1NC(=O)CN1C(=O)COc2ccc(Cl)cc21. The zero-order chi connectivity index (χ0) is 17.3. The molecule has 1 aliphatic carbocycles. The maximum atomic E-state index is 12.5. The van der Waals surface area contributed by atoms with Crippen LogP contribution in [0.3, 0.4) is 0 Å². The van der Waals surface area contributed by atoms with Gasteiger partial charge in [-0.05, 0) is 36.5 Å². The molecule has 1 heterocycles. The number of ether oxygens (including phenoxy) is 1. The number of carbonyl (C=O) groups is 2. The summed E-state index contributed by atoms with van der Waals surface area (Å²) in [5, 5.41) is 3.61. The zero-order valence-corrected chi connectivity index (χ0v) is 14.8. The highest BCUT2D eigenvalue weighted by molar-refractivity contribution is 6.31. The third-order valence-electron chi connectivity index (χ3n) is 5.22. The Kier molecular flexibility index (Phi) is 4.99. The quantitative estimate of drug-likeness (QED) is 0.911. The number of carbonyl (C=O) groups excluding carboxylic acids is 2. The first-order chi connectivity index (χ1) is 11.5. The third-order valence-corrected chi connectivity index (χ3v) is 5.45. The fourth-order valence-electron chi connectivity index (χ4n) is 3.53. The normalized spacial score (nSPS) is 26.5. The summed E-state index contributed by atoms with van der Waals surface area (Å²) in [5.41, 5.74) is 0.555. The molecule has 6 heteroatoms. The molecular weight excluding hydrogens is 328 g/mol. The second-order valence-corrected chi connectivity index (χ2v) is 7.26. The van der Waals surface area contributed by atoms with Crippen molar-refractivity contribution in [2.45, 2.75) is 39.2 Å². The van der Waals surface area contributed by atoms with Crippen LogP contribution in [0.25, 0.3) is 0 Å². The average molecular weight is 351 g/mol. The lowest BCUT2D eigenvalue weighted by molar-refractivity contribution is -0.126. The maximum Gasteiger partial charge on any atom is 0.265 e. The van der Waals surface area contributed by atoms with Crippen LogP contribution in [-0.2, 0) is 9.59 Å². The molecular formula is C18H23ClN2O3. The monoisotopic (exact) mass is 350 g/mol. The van der Waals surface area contributed by atoms with Gasteiger partial charge < -0.3 is 10.1 Å². The van der Waals surface area contributed by atoms with Gasteiger partial charge in [0.05, 0.1) is 5.69 Å². The molecule has 3 atom stereocenters. The summed E-state index contributed by atoms with van der Waals surface area (Å²) >= 11 is 6.02. The van der Waals surface area contributed by atoms with Crippen molar-refractivity contribution in [3.63, 3.8) is 0 Å². The lowest BCUT2D eigenvalue weighted by Crippen LogP contribution is -2.50. The van der Waals surface area contributed by atoms with Crippen molar-refractivity contribution in [3.8, 4) is 5.75 Å². The second-order valence-electron chi connectivity index (χ2n) is 6.82. The molecule has 1 fully saturated rings. The van der Waals surface area contributed by atoms with E-state index in [9.17, 15) is 9.59 Å². The van der Waals surface area contributed by atoms with Crippen molar-refractivity contribution in [1.29, 1.82) is 0 Å². The molecule has 1 aromatic rings. The van der Waals surface area contributed by atoms with Crippen LogP contribution in [0.2, 0.25) is 5.02 Å². The molecule has 1 saturated carbocycles. The Morgan fingerprint density at radius 3 is 2.96 bits per heavy atom. The number of halogens is 1. The number of fused-ring (bicyclic) bond motifs is 1. The Balaban J connectivity index is 1.70. The van der Waals surface area contributed by atoms with E-state index in [-0.39, 0.29) is 31.0 Å². The highest BCUT2D eigenvalue weighted by Crippen LogP contribution is 2.34. The van der Waals surface area contributed by atoms with Gasteiger partial charge in [0.15, 0.2) is 6.61 Å². The van der Waals surface area contributed by atoms with Gasteiger partial charge in [0.1, 0.15) is 12.3 Å². The van der Waals surface area contributed by atoms with Crippen molar-refractivity contribution in [2.75, 3.05) is 18.1 Å². The average Bonchev–Trinajstić information content (AvgIpc) is 2.55. The number of benzene rings is 1. The van der Waals surface area contributed by atoms with Crippen LogP contribution < -0.4 is 15.0 Å². The molecule has 5 nitrogen and oxygen atoms in total. The van der Waals surface area contributed by atoms with Crippen molar-refractivity contribution >= 4 is 29.1 Å². The van der Waals surface area contributed by atoms with Gasteiger partial charge in [0.2, 0.25) is 5.91 Å². The first-order valence-corrected chi connectivity index (χ1v) is 8.85. The number of nitrogens with zero attached hydrogens (tertiary/aromatic N) is 1. The Morgan fingerprint density at radius 2 is 2.17 bits per heavy atom. The van der Waals surface area contributed by atoms with Crippen molar-refractivity contribution < 1.29 is 14.3 Å². The molecule has 1 N–H and O–H groups in total. The van der Waals surface area contributed by atoms with E-state index in [0.29, 0.717) is 28.3 Å². The van der Waals surface area contributed by atoms with E-state index in [4.69, 9.17) is 16.3 Å². The standard InChI is InChI=1S/C18H23ClN2O3/c1-11-4-3-5-14(12(11)2)20-17(22)9-21-15-8-13(19)6-7-16(15)24-10-18(21)23/h6-8,11-12,14H,3-5,9-10H2,1-2H3,(H,20,22)/t11-,12+,14+/m1/s1. The molecule has 1 aliphatic heterocycles. The van der Waals surface area contributed by atoms with Gasteiger partial charge in [0, 0.05) is 11.1 Å². The molecule has 130 valence electrons. The lowest BCUT2D eigenvalue weighted by Gasteiger charge is -2.35. The van der Waals surface area contributed by atoms with Crippen LogP contribution in [0.5, 0.6) is 5.75 Å². The van der Waals surface area contributed by atoms with E-state index in [1.807, 2.05) is 0 Å². The molecule has 24 heavy (non-hydrogen) atoms. The number of amides is 2. The molecule has 3 rings (SSSR count). The summed E-state index contributed by atoms with van der Waals surface area (Å²) in [7, 11) is 0. The Hall–Kier alpha value is -1.75. The number of rotatable bonds is 3. The van der Waals surface area contributed by atoms with E-state index in [0.717, 1.165) is 12.8 Å². The Bertz CT molecular complexity index is 649. The van der Waals surface area contributed by atoms with Crippen LogP contribution in [0.1, 0.15) is 33.1 Å². The van der Waals surface area contributed by atoms with E-state index in [1.54, 1.807) is 18.2 Å². The largest absolute Gasteiger partial charge is 0.482 e. The Morgan fingerprint density at radius 1 is 1.38 bits per heavy atom. The van der Waals surface area contributed by atoms with E-state index in [2.05, 4.69) is 19.2 Å². The van der Waals surface area contributed by atoms with Gasteiger partial charge >= 0.3 is 0 Å². The molecule has 1 aromatic carbocycles. The highest BCUT2D eigenvalue weighted by atomic mass is 35.5. The lowest BCUT2D eigenvalue weighted by atomic mass is 9.78. The van der Waals surface area contributed by atoms with Crippen LogP contribution in [0, 0.1) is 11.8 Å². The molecule has 2 amide bonds. The first-order valence-electron chi connectivity index (χ1n) is 8.48. The number of hydrogen-bond acceptors (Lipinski definition) is 3. The van der Waals surface area contributed by atoms with Crippen molar-refractivity contribution in [3.05, 3.63) is 23.2 Å². The minimum Gasteiger partial charge on any atom is -0.482 e. The van der Waals surface area contributed by atoms with Gasteiger partial charge in [-0.2, -0.15) is 0 Å². The molecule has 0 aromatic heterocycles. The van der Waals surface area contributed by atoms with Crippen LogP contribution in [0.15, 0.2) is 18.2 Å². The molecule has 0 saturated heterocycles. The van der Waals surface area contributed by atoms with Gasteiger partial charge in [-0.1, -0.05) is 38.3 Å². The zero-order valence-electron chi connectivity index (χ0n) is 14.0. The Labute approximate surface area is 147 Å². The predicted octanol–water partition coefficient (Wildman–Crippen LogP) is 3.01. The fourth-order valence-corrected chi connectivity index (χ4v) is 3.70. The minimum absolute atomic E-state index is 0.00681. The van der Waals surface area contributed by atoms with Crippen LogP contribution in [-0.4, -0.2) is 31.0 Å². The number of anilines is 1. The summed E-state index contributed by atoms with van der Waals surface area (Å²) in [6.07, 6.45) is 3.34. The van der Waals surface area contributed by atoms with Crippen LogP contribution >= 0.6 is 11.6 Å². The van der Waals surface area contributed by atoms with Gasteiger partial charge in [-0.3, -0.25) is 14.5 Å². The van der Waals surface area contributed by atoms with E-state index in [1.165, 1.54) is 11.3 Å². The number of hydrogen-bond donors (Lipinski definition) is 1. The molecule has 0 unspecified atom stereocenters. The van der Waals surface area contributed by atoms with E-state index < -0.39 is 0 Å². The molecule has 0 bridgehead atoms. The summed E-state index contributed by atoms with van der Waals surface area (Å²) in [5.74, 6) is 1.26. The summed E-state index contributed by atoms with van der Waals surface area (Å²) < 4.78 is 5.40. The van der Waals surface area contributed by atoms with Gasteiger partial charge in [-0.15, -0.1) is 0 Å². The third kappa shape index (κ3) is 3.51. The summed E-state index contributed by atoms with van der Waals surface area (Å²) in [6, 6.07) is 5.27. The minimum atomic E-state index is -0.232. The molecule has 0 radical (unpaired) electrons. The van der Waals surface area contributed by atoms with Gasteiger partial charge in [-0.25, -0.2) is 0 Å². The fraction of sp³-hybridized carbons (Fsp3) is 0.556. The van der Waals surface area contributed by atoms with Crippen molar-refractivity contribution in [2.24, 2.45) is 11.8 Å². The predicted molar refractivity (Wildman–Crippen MR) is 93.4 cm³/mol. The topological polar surface area (TPSA) is 58.6 Å². The van der Waals surface area contributed by atoms with Crippen LogP contribution in [0.4, 0.5) is 5.69 Å². The molecule has 0 spiro atoms. The van der Waals surface area contributed by atoms with Crippen molar-refractivity contribution in [1.82, 2.24) is 5.32 Å². The summed E-state index contributed by atoms with van der Waals surface area (Å²) in [6.45, 7) is 4.35. The van der Waals surface area contributed by atoms with E-state index >= 15 is 0 Å². The highest BCUT2D eigenvalue weighted by Gasteiger charge is 2.31. The number of nitrogens with one attached hydrogen (secondary N) is 1. The van der Waals surface area contributed by atoms with Gasteiger partial charge in [0.25, 0.3) is 5.91 Å². The maximum absolute atomic E-state index is 12.5. The summed E-state index contributed by atoms with van der Waals surface area (Å²) in [4.78, 5) is 26.1. The second kappa shape index (κ2) is 7.01. The molecule has 2 aliphatic rings.